The van der Waals surface area contributed by atoms with Gasteiger partial charge in [0.1, 0.15) is 13.2 Å². The summed E-state index contributed by atoms with van der Waals surface area (Å²) >= 11 is 0. The second-order valence-electron chi connectivity index (χ2n) is 4.90. The number of aliphatic hydroxyl groups is 1. The van der Waals surface area contributed by atoms with E-state index >= 15 is 0 Å². The van der Waals surface area contributed by atoms with Gasteiger partial charge in [0.25, 0.3) is 0 Å². The number of rotatable bonds is 7. The van der Waals surface area contributed by atoms with E-state index in [1.807, 2.05) is 12.1 Å². The molecule has 1 aliphatic heterocycles. The fourth-order valence-electron chi connectivity index (χ4n) is 2.25. The first-order valence-electron chi connectivity index (χ1n) is 7.03. The van der Waals surface area contributed by atoms with E-state index in [0.29, 0.717) is 19.1 Å². The summed E-state index contributed by atoms with van der Waals surface area (Å²) in [4.78, 5) is 0. The maximum absolute atomic E-state index is 8.96. The predicted molar refractivity (Wildman–Crippen MR) is 74.6 cm³/mol. The minimum atomic E-state index is 0.268. The quantitative estimate of drug-likeness (QED) is 0.791. The molecule has 1 aliphatic rings. The lowest BCUT2D eigenvalue weighted by molar-refractivity contribution is 0.171. The smallest absolute Gasteiger partial charge is 0.161 e. The molecule has 0 saturated carbocycles. The highest BCUT2D eigenvalue weighted by Gasteiger charge is 2.11. The van der Waals surface area contributed by atoms with Crippen LogP contribution in [0.3, 0.4) is 0 Å². The molecule has 1 aromatic carbocycles. The highest BCUT2D eigenvalue weighted by atomic mass is 16.6. The van der Waals surface area contributed by atoms with Gasteiger partial charge in [0.2, 0.25) is 0 Å². The molecule has 2 N–H and O–H groups in total. The lowest BCUT2D eigenvalue weighted by atomic mass is 10.0. The van der Waals surface area contributed by atoms with E-state index in [1.54, 1.807) is 0 Å². The minimum Gasteiger partial charge on any atom is -0.486 e. The van der Waals surface area contributed by atoms with Gasteiger partial charge in [0.05, 0.1) is 0 Å². The van der Waals surface area contributed by atoms with Crippen LogP contribution in [0.2, 0.25) is 0 Å². The molecule has 0 bridgehead atoms. The van der Waals surface area contributed by atoms with Crippen LogP contribution in [-0.2, 0) is 6.54 Å². The number of fused-ring (bicyclic) bond motifs is 1. The zero-order valence-corrected chi connectivity index (χ0v) is 11.5. The van der Waals surface area contributed by atoms with Gasteiger partial charge in [-0.05, 0) is 36.6 Å². The van der Waals surface area contributed by atoms with Crippen LogP contribution in [0, 0.1) is 5.92 Å². The predicted octanol–water partition coefficient (Wildman–Crippen LogP) is 1.96. The molecule has 1 heterocycles. The third-order valence-corrected chi connectivity index (χ3v) is 3.48. The van der Waals surface area contributed by atoms with Gasteiger partial charge in [0, 0.05) is 13.2 Å². The highest BCUT2D eigenvalue weighted by molar-refractivity contribution is 5.43. The summed E-state index contributed by atoms with van der Waals surface area (Å²) in [5.74, 6) is 2.22. The number of benzene rings is 1. The van der Waals surface area contributed by atoms with Crippen molar-refractivity contribution in [2.24, 2.45) is 5.92 Å². The molecule has 2 rings (SSSR count). The van der Waals surface area contributed by atoms with Crippen molar-refractivity contribution in [1.82, 2.24) is 5.32 Å². The Labute approximate surface area is 114 Å². The number of hydrogen-bond acceptors (Lipinski definition) is 4. The normalized spacial score (nSPS) is 15.3. The first-order chi connectivity index (χ1) is 9.33. The Balaban J connectivity index is 1.82. The molecule has 1 atom stereocenters. The maximum Gasteiger partial charge on any atom is 0.161 e. The van der Waals surface area contributed by atoms with E-state index < -0.39 is 0 Å². The standard InChI is InChI=1S/C15H23NO3/c1-2-12(5-6-17)10-16-11-13-3-4-14-15(9-13)19-8-7-18-14/h3-4,9,12,16-17H,2,5-8,10-11H2,1H3. The molecule has 0 aromatic heterocycles. The van der Waals surface area contributed by atoms with Gasteiger partial charge in [-0.2, -0.15) is 0 Å². The van der Waals surface area contributed by atoms with Crippen LogP contribution in [0.5, 0.6) is 11.5 Å². The van der Waals surface area contributed by atoms with E-state index in [-0.39, 0.29) is 6.61 Å². The van der Waals surface area contributed by atoms with E-state index in [4.69, 9.17) is 14.6 Å². The largest absolute Gasteiger partial charge is 0.486 e. The van der Waals surface area contributed by atoms with Gasteiger partial charge >= 0.3 is 0 Å². The summed E-state index contributed by atoms with van der Waals surface area (Å²) < 4.78 is 11.1. The molecule has 106 valence electrons. The van der Waals surface area contributed by atoms with Gasteiger partial charge < -0.3 is 19.9 Å². The summed E-state index contributed by atoms with van der Waals surface area (Å²) in [6.07, 6.45) is 1.96. The molecule has 4 heteroatoms. The second kappa shape index (κ2) is 7.36. The molecule has 0 fully saturated rings. The molecule has 0 spiro atoms. The van der Waals surface area contributed by atoms with Crippen molar-refractivity contribution in [3.63, 3.8) is 0 Å². The summed E-state index contributed by atoms with van der Waals surface area (Å²) in [7, 11) is 0. The molecule has 4 nitrogen and oxygen atoms in total. The maximum atomic E-state index is 8.96. The van der Waals surface area contributed by atoms with E-state index in [0.717, 1.165) is 37.4 Å². The molecule has 0 saturated heterocycles. The van der Waals surface area contributed by atoms with Gasteiger partial charge in [-0.3, -0.25) is 0 Å². The third-order valence-electron chi connectivity index (χ3n) is 3.48. The monoisotopic (exact) mass is 265 g/mol. The van der Waals surface area contributed by atoms with Crippen LogP contribution in [0.25, 0.3) is 0 Å². The zero-order valence-electron chi connectivity index (χ0n) is 11.5. The number of hydrogen-bond donors (Lipinski definition) is 2. The van der Waals surface area contributed by atoms with Crippen LogP contribution in [-0.4, -0.2) is 31.5 Å². The van der Waals surface area contributed by atoms with Crippen molar-refractivity contribution in [3.05, 3.63) is 23.8 Å². The Morgan fingerprint density at radius 1 is 1.26 bits per heavy atom. The summed E-state index contributed by atoms with van der Waals surface area (Å²) in [6.45, 7) is 5.43. The van der Waals surface area contributed by atoms with Crippen molar-refractivity contribution in [2.75, 3.05) is 26.4 Å². The van der Waals surface area contributed by atoms with Gasteiger partial charge in [-0.15, -0.1) is 0 Å². The van der Waals surface area contributed by atoms with Gasteiger partial charge in [-0.25, -0.2) is 0 Å². The van der Waals surface area contributed by atoms with E-state index in [9.17, 15) is 0 Å². The Morgan fingerprint density at radius 2 is 2.05 bits per heavy atom. The van der Waals surface area contributed by atoms with Crippen molar-refractivity contribution in [1.29, 1.82) is 0 Å². The minimum absolute atomic E-state index is 0.268. The number of ether oxygens (including phenoxy) is 2. The zero-order chi connectivity index (χ0) is 13.5. The molecular weight excluding hydrogens is 242 g/mol. The molecular formula is C15H23NO3. The molecule has 1 unspecified atom stereocenters. The Bertz CT molecular complexity index is 395. The van der Waals surface area contributed by atoms with Crippen molar-refractivity contribution < 1.29 is 14.6 Å². The Hall–Kier alpha value is -1.26. The van der Waals surface area contributed by atoms with Crippen LogP contribution < -0.4 is 14.8 Å². The van der Waals surface area contributed by atoms with Crippen molar-refractivity contribution in [3.8, 4) is 11.5 Å². The highest BCUT2D eigenvalue weighted by Crippen LogP contribution is 2.30. The van der Waals surface area contributed by atoms with E-state index in [2.05, 4.69) is 18.3 Å². The summed E-state index contributed by atoms with van der Waals surface area (Å²) in [6, 6.07) is 6.07. The topological polar surface area (TPSA) is 50.7 Å². The first-order valence-corrected chi connectivity index (χ1v) is 7.03. The molecule has 0 radical (unpaired) electrons. The molecule has 0 amide bonds. The third kappa shape index (κ3) is 4.11. The molecule has 19 heavy (non-hydrogen) atoms. The van der Waals surface area contributed by atoms with Gasteiger partial charge in [0.15, 0.2) is 11.5 Å². The average molecular weight is 265 g/mol. The fraction of sp³-hybridized carbons (Fsp3) is 0.600. The Morgan fingerprint density at radius 3 is 2.79 bits per heavy atom. The first kappa shape index (κ1) is 14.2. The van der Waals surface area contributed by atoms with E-state index in [1.165, 1.54) is 5.56 Å². The van der Waals surface area contributed by atoms with Crippen LogP contribution in [0.15, 0.2) is 18.2 Å². The van der Waals surface area contributed by atoms with Crippen LogP contribution in [0.1, 0.15) is 25.3 Å². The second-order valence-corrected chi connectivity index (χ2v) is 4.90. The van der Waals surface area contributed by atoms with Crippen molar-refractivity contribution >= 4 is 0 Å². The van der Waals surface area contributed by atoms with Gasteiger partial charge in [-0.1, -0.05) is 19.4 Å². The molecule has 0 aliphatic carbocycles. The van der Waals surface area contributed by atoms with Crippen molar-refractivity contribution in [2.45, 2.75) is 26.3 Å². The van der Waals surface area contributed by atoms with Crippen LogP contribution >= 0.6 is 0 Å². The van der Waals surface area contributed by atoms with Crippen LogP contribution in [0.4, 0.5) is 0 Å². The Kier molecular flexibility index (Phi) is 5.48. The summed E-state index contributed by atoms with van der Waals surface area (Å²) in [5, 5.41) is 12.4. The SMILES string of the molecule is CCC(CCO)CNCc1ccc2c(c1)OCCO2. The molecule has 1 aromatic rings. The number of nitrogens with one attached hydrogen (secondary N) is 1. The lowest BCUT2D eigenvalue weighted by Crippen LogP contribution is -2.23. The summed E-state index contributed by atoms with van der Waals surface area (Å²) in [5.41, 5.74) is 1.20. The number of aliphatic hydroxyl groups excluding tert-OH is 1. The average Bonchev–Trinajstić information content (AvgIpc) is 2.46. The fourth-order valence-corrected chi connectivity index (χ4v) is 2.25. The lowest BCUT2D eigenvalue weighted by Gasteiger charge is -2.19.